The minimum atomic E-state index is -0.236. The molecule has 3 aliphatic rings. The van der Waals surface area contributed by atoms with Crippen LogP contribution in [0.15, 0.2) is 0 Å². The van der Waals surface area contributed by atoms with Gasteiger partial charge in [-0.05, 0) is 54.8 Å². The van der Waals surface area contributed by atoms with Crippen LogP contribution in [0.25, 0.3) is 0 Å². The molecule has 3 fully saturated rings. The molecule has 1 saturated heterocycles. The molecular formula is C17H30O2S2. The maximum Gasteiger partial charge on any atom is 0.0641 e. The molecule has 1 aliphatic heterocycles. The molecule has 0 aromatic rings. The van der Waals surface area contributed by atoms with Crippen LogP contribution < -0.4 is 0 Å². The monoisotopic (exact) mass is 330 g/mol. The molecule has 2 nitrogen and oxygen atoms in total. The number of fused-ring (bicyclic) bond motifs is 1. The first-order valence-corrected chi connectivity index (χ1v) is 10.5. The van der Waals surface area contributed by atoms with Gasteiger partial charge in [-0.2, -0.15) is 0 Å². The summed E-state index contributed by atoms with van der Waals surface area (Å²) in [6.45, 7) is 7.10. The summed E-state index contributed by atoms with van der Waals surface area (Å²) < 4.78 is 0.357. The topological polar surface area (TPSA) is 40.5 Å². The fourth-order valence-corrected chi connectivity index (χ4v) is 8.80. The molecule has 1 heterocycles. The fraction of sp³-hybridized carbons (Fsp3) is 1.00. The quantitative estimate of drug-likeness (QED) is 0.811. The third-order valence-corrected chi connectivity index (χ3v) is 10.6. The van der Waals surface area contributed by atoms with Crippen LogP contribution in [0.5, 0.6) is 0 Å². The Morgan fingerprint density at radius 2 is 1.86 bits per heavy atom. The lowest BCUT2D eigenvalue weighted by atomic mass is 9.52. The van der Waals surface area contributed by atoms with Crippen LogP contribution >= 0.6 is 23.5 Å². The van der Waals surface area contributed by atoms with Crippen LogP contribution in [0.3, 0.4) is 0 Å². The van der Waals surface area contributed by atoms with Gasteiger partial charge in [0.1, 0.15) is 0 Å². The Kier molecular flexibility index (Phi) is 4.64. The molecule has 21 heavy (non-hydrogen) atoms. The number of hydrogen-bond donors (Lipinski definition) is 2. The standard InChI is InChI=1S/C17H30O2S2/c1-11(10-18)13-4-5-16(3)6-7-17(20-8-9-21-17)12(2)14(16)15(13)19/h11-15,18-19H,4-10H2,1-3H3/t11-,12-,13+,14+,15+,16+/m1/s1. The van der Waals surface area contributed by atoms with E-state index in [1.54, 1.807) is 0 Å². The first-order valence-electron chi connectivity index (χ1n) is 8.50. The van der Waals surface area contributed by atoms with Gasteiger partial charge in [-0.3, -0.25) is 0 Å². The highest BCUT2D eigenvalue weighted by molar-refractivity contribution is 8.21. The van der Waals surface area contributed by atoms with E-state index in [0.29, 0.717) is 21.3 Å². The van der Waals surface area contributed by atoms with Crippen molar-refractivity contribution < 1.29 is 10.2 Å². The molecule has 0 bridgehead atoms. The summed E-state index contributed by atoms with van der Waals surface area (Å²) in [6, 6.07) is 0. The van der Waals surface area contributed by atoms with Gasteiger partial charge in [0.25, 0.3) is 0 Å². The van der Waals surface area contributed by atoms with E-state index < -0.39 is 0 Å². The van der Waals surface area contributed by atoms with Gasteiger partial charge in [0.2, 0.25) is 0 Å². The molecule has 2 N–H and O–H groups in total. The SMILES string of the molecule is C[C@H](CO)[C@@H]1CC[C@@]2(C)CCC3(SCCS3)[C@H](C)[C@H]2[C@H]1O. The van der Waals surface area contributed by atoms with Gasteiger partial charge < -0.3 is 10.2 Å². The van der Waals surface area contributed by atoms with Crippen LogP contribution in [0, 0.1) is 29.1 Å². The van der Waals surface area contributed by atoms with Crippen LogP contribution in [0.1, 0.15) is 46.5 Å². The first kappa shape index (κ1) is 16.5. The van der Waals surface area contributed by atoms with E-state index in [4.69, 9.17) is 0 Å². The summed E-state index contributed by atoms with van der Waals surface area (Å²) in [5.41, 5.74) is 0.305. The van der Waals surface area contributed by atoms with Gasteiger partial charge in [-0.25, -0.2) is 0 Å². The highest BCUT2D eigenvalue weighted by Crippen LogP contribution is 2.65. The third-order valence-electron chi connectivity index (χ3n) is 6.73. The van der Waals surface area contributed by atoms with Crippen molar-refractivity contribution in [3.63, 3.8) is 0 Å². The summed E-state index contributed by atoms with van der Waals surface area (Å²) in [7, 11) is 0. The highest BCUT2D eigenvalue weighted by Gasteiger charge is 2.58. The Balaban J connectivity index is 1.87. The second-order valence-electron chi connectivity index (χ2n) is 7.83. The fourth-order valence-electron chi connectivity index (χ4n) is 5.30. The van der Waals surface area contributed by atoms with Gasteiger partial charge in [-0.15, -0.1) is 23.5 Å². The third kappa shape index (κ3) is 2.58. The van der Waals surface area contributed by atoms with Crippen LogP contribution in [-0.2, 0) is 0 Å². The maximum absolute atomic E-state index is 11.1. The normalized spacial score (nSPS) is 47.3. The maximum atomic E-state index is 11.1. The Hall–Kier alpha value is 0.620. The van der Waals surface area contributed by atoms with Gasteiger partial charge in [0, 0.05) is 18.1 Å². The zero-order valence-corrected chi connectivity index (χ0v) is 15.2. The Morgan fingerprint density at radius 3 is 2.48 bits per heavy atom. The van der Waals surface area contributed by atoms with Gasteiger partial charge >= 0.3 is 0 Å². The predicted molar refractivity (Wildman–Crippen MR) is 92.6 cm³/mol. The van der Waals surface area contributed by atoms with Crippen molar-refractivity contribution in [1.82, 2.24) is 0 Å². The summed E-state index contributed by atoms with van der Waals surface area (Å²) in [6.07, 6.45) is 4.64. The van der Waals surface area contributed by atoms with E-state index in [1.807, 2.05) is 0 Å². The predicted octanol–water partition coefficient (Wildman–Crippen LogP) is 3.61. The first-order chi connectivity index (χ1) is 9.93. The molecule has 0 aromatic carbocycles. The molecule has 4 heteroatoms. The van der Waals surface area contributed by atoms with Crippen molar-refractivity contribution in [2.45, 2.75) is 56.6 Å². The Bertz CT molecular complexity index is 383. The van der Waals surface area contributed by atoms with Gasteiger partial charge in [0.15, 0.2) is 0 Å². The van der Waals surface area contributed by atoms with Crippen molar-refractivity contribution in [1.29, 1.82) is 0 Å². The van der Waals surface area contributed by atoms with E-state index in [9.17, 15) is 10.2 Å². The highest BCUT2D eigenvalue weighted by atomic mass is 32.2. The van der Waals surface area contributed by atoms with Crippen molar-refractivity contribution in [2.75, 3.05) is 18.1 Å². The largest absolute Gasteiger partial charge is 0.396 e. The van der Waals surface area contributed by atoms with Crippen molar-refractivity contribution in [3.8, 4) is 0 Å². The number of aliphatic hydroxyl groups excluding tert-OH is 2. The second-order valence-corrected chi connectivity index (χ2v) is 10.9. The van der Waals surface area contributed by atoms with Crippen molar-refractivity contribution >= 4 is 23.5 Å². The van der Waals surface area contributed by atoms with Gasteiger partial charge in [-0.1, -0.05) is 20.8 Å². The molecular weight excluding hydrogens is 300 g/mol. The lowest BCUT2D eigenvalue weighted by molar-refractivity contribution is -0.118. The van der Waals surface area contributed by atoms with Gasteiger partial charge in [0.05, 0.1) is 10.2 Å². The summed E-state index contributed by atoms with van der Waals surface area (Å²) >= 11 is 4.30. The van der Waals surface area contributed by atoms with E-state index in [1.165, 1.54) is 30.8 Å². The van der Waals surface area contributed by atoms with E-state index in [-0.39, 0.29) is 24.5 Å². The summed E-state index contributed by atoms with van der Waals surface area (Å²) in [5, 5.41) is 20.6. The van der Waals surface area contributed by atoms with Crippen molar-refractivity contribution in [3.05, 3.63) is 0 Å². The smallest absolute Gasteiger partial charge is 0.0641 e. The van der Waals surface area contributed by atoms with E-state index in [0.717, 1.165) is 6.42 Å². The minimum Gasteiger partial charge on any atom is -0.396 e. The second kappa shape index (κ2) is 5.92. The van der Waals surface area contributed by atoms with Crippen LogP contribution in [0.2, 0.25) is 0 Å². The van der Waals surface area contributed by atoms with Crippen LogP contribution in [-0.4, -0.2) is 38.5 Å². The number of thioether (sulfide) groups is 2. The lowest BCUT2D eigenvalue weighted by Crippen LogP contribution is -2.56. The molecule has 6 atom stereocenters. The number of hydrogen-bond acceptors (Lipinski definition) is 4. The molecule has 0 unspecified atom stereocenters. The molecule has 2 saturated carbocycles. The molecule has 0 amide bonds. The molecule has 1 spiro atoms. The average molecular weight is 331 g/mol. The molecule has 122 valence electrons. The number of rotatable bonds is 2. The minimum absolute atomic E-state index is 0.203. The van der Waals surface area contributed by atoms with E-state index >= 15 is 0 Å². The lowest BCUT2D eigenvalue weighted by Gasteiger charge is -2.58. The number of aliphatic hydroxyl groups is 2. The summed E-state index contributed by atoms with van der Waals surface area (Å²) in [4.78, 5) is 0. The van der Waals surface area contributed by atoms with E-state index in [2.05, 4.69) is 44.3 Å². The van der Waals surface area contributed by atoms with Crippen LogP contribution in [0.4, 0.5) is 0 Å². The molecule has 2 aliphatic carbocycles. The Morgan fingerprint density at radius 1 is 1.19 bits per heavy atom. The summed E-state index contributed by atoms with van der Waals surface area (Å²) in [5.74, 6) is 4.01. The molecule has 0 aromatic heterocycles. The average Bonchev–Trinajstić information content (AvgIpc) is 2.93. The van der Waals surface area contributed by atoms with Crippen molar-refractivity contribution in [2.24, 2.45) is 29.1 Å². The zero-order valence-electron chi connectivity index (χ0n) is 13.5. The molecule has 0 radical (unpaired) electrons. The zero-order chi connectivity index (χ0) is 15.3. The Labute approximate surface area is 137 Å². The molecule has 3 rings (SSSR count).